The number of carboxylic acid groups (broad SMARTS) is 1. The fraction of sp³-hybridized carbons (Fsp3) is 0.364. The largest absolute Gasteiger partial charge is 0.496 e. The van der Waals surface area contributed by atoms with E-state index < -0.39 is 41.1 Å². The Morgan fingerprint density at radius 3 is 2.34 bits per heavy atom. The van der Waals surface area contributed by atoms with Gasteiger partial charge in [0.15, 0.2) is 6.10 Å². The molecule has 10 heteroatoms. The van der Waals surface area contributed by atoms with Gasteiger partial charge in [-0.3, -0.25) is 4.79 Å². The number of alkyl halides is 3. The first kappa shape index (κ1) is 25.1. The minimum Gasteiger partial charge on any atom is -0.496 e. The predicted molar refractivity (Wildman–Crippen MR) is 107 cm³/mol. The number of rotatable bonds is 9. The molecular formula is C22H23F4NO5. The highest BCUT2D eigenvalue weighted by Gasteiger charge is 2.31. The average molecular weight is 457 g/mol. The number of carboxylic acids is 1. The van der Waals surface area contributed by atoms with E-state index >= 15 is 0 Å². The zero-order chi connectivity index (χ0) is 24.1. The van der Waals surface area contributed by atoms with Crippen molar-refractivity contribution in [1.29, 1.82) is 0 Å². The molecule has 2 aromatic rings. The topological polar surface area (TPSA) is 84.9 Å². The van der Waals surface area contributed by atoms with Crippen molar-refractivity contribution in [3.63, 3.8) is 0 Å². The Hall–Kier alpha value is -3.14. The molecule has 2 aromatic carbocycles. The molecule has 2 rings (SSSR count). The van der Waals surface area contributed by atoms with E-state index in [-0.39, 0.29) is 25.1 Å². The third-order valence-electron chi connectivity index (χ3n) is 4.46. The highest BCUT2D eigenvalue weighted by molar-refractivity contribution is 5.94. The van der Waals surface area contributed by atoms with Crippen molar-refractivity contribution in [1.82, 2.24) is 5.32 Å². The van der Waals surface area contributed by atoms with Crippen LogP contribution in [0, 0.1) is 5.82 Å². The molecule has 1 amide bonds. The Balaban J connectivity index is 2.17. The second kappa shape index (κ2) is 10.4. The van der Waals surface area contributed by atoms with Crippen molar-refractivity contribution in [3.05, 3.63) is 64.5 Å². The maximum absolute atomic E-state index is 14.0. The molecule has 0 heterocycles. The summed E-state index contributed by atoms with van der Waals surface area (Å²) in [7, 11) is 1.40. The summed E-state index contributed by atoms with van der Waals surface area (Å²) in [5.41, 5.74) is -0.662. The van der Waals surface area contributed by atoms with Crippen molar-refractivity contribution >= 4 is 11.9 Å². The highest BCUT2D eigenvalue weighted by atomic mass is 19.4. The molecule has 0 aliphatic carbocycles. The van der Waals surface area contributed by atoms with E-state index in [1.165, 1.54) is 7.11 Å². The first-order chi connectivity index (χ1) is 14.9. The van der Waals surface area contributed by atoms with Gasteiger partial charge in [-0.1, -0.05) is 12.1 Å². The number of hydrogen-bond acceptors (Lipinski definition) is 4. The smallest absolute Gasteiger partial charge is 0.416 e. The summed E-state index contributed by atoms with van der Waals surface area (Å²) in [6.07, 6.45) is -6.04. The highest BCUT2D eigenvalue weighted by Crippen LogP contribution is 2.30. The Morgan fingerprint density at radius 2 is 1.81 bits per heavy atom. The van der Waals surface area contributed by atoms with Crippen LogP contribution in [0.1, 0.15) is 40.9 Å². The molecule has 174 valence electrons. The average Bonchev–Trinajstić information content (AvgIpc) is 2.70. The first-order valence-electron chi connectivity index (χ1n) is 9.61. The molecular weight excluding hydrogens is 434 g/mol. The molecule has 0 saturated carbocycles. The lowest BCUT2D eigenvalue weighted by Crippen LogP contribution is -2.29. The van der Waals surface area contributed by atoms with Gasteiger partial charge in [0.2, 0.25) is 0 Å². The van der Waals surface area contributed by atoms with Crippen molar-refractivity contribution < 1.29 is 41.7 Å². The third kappa shape index (κ3) is 6.68. The summed E-state index contributed by atoms with van der Waals surface area (Å²) < 4.78 is 62.7. The molecule has 0 radical (unpaired) electrons. The number of hydrogen-bond donors (Lipinski definition) is 2. The summed E-state index contributed by atoms with van der Waals surface area (Å²) in [6.45, 7) is 3.30. The SMILES string of the molecule is COc1ccc(CC(OC(C)C)C(=O)O)cc1CNC(=O)c1ccc(C(F)(F)F)cc1F. The van der Waals surface area contributed by atoms with Crippen molar-refractivity contribution in [2.24, 2.45) is 0 Å². The Morgan fingerprint density at radius 1 is 1.12 bits per heavy atom. The molecule has 0 aromatic heterocycles. The molecule has 2 N–H and O–H groups in total. The van der Waals surface area contributed by atoms with Crippen LogP contribution in [-0.2, 0) is 28.7 Å². The maximum atomic E-state index is 14.0. The van der Waals surface area contributed by atoms with E-state index in [1.807, 2.05) is 0 Å². The van der Waals surface area contributed by atoms with Crippen LogP contribution >= 0.6 is 0 Å². The maximum Gasteiger partial charge on any atom is 0.416 e. The van der Waals surface area contributed by atoms with E-state index in [0.717, 1.165) is 6.07 Å². The molecule has 1 unspecified atom stereocenters. The van der Waals surface area contributed by atoms with Crippen LogP contribution < -0.4 is 10.1 Å². The summed E-state index contributed by atoms with van der Waals surface area (Å²) in [6, 6.07) is 6.50. The molecule has 32 heavy (non-hydrogen) atoms. The minimum atomic E-state index is -4.73. The van der Waals surface area contributed by atoms with Crippen molar-refractivity contribution in [2.75, 3.05) is 7.11 Å². The second-order valence-electron chi connectivity index (χ2n) is 7.24. The number of methoxy groups -OCH3 is 1. The third-order valence-corrected chi connectivity index (χ3v) is 4.46. The van der Waals surface area contributed by atoms with Crippen LogP contribution in [0.15, 0.2) is 36.4 Å². The molecule has 0 bridgehead atoms. The monoisotopic (exact) mass is 457 g/mol. The molecule has 6 nitrogen and oxygen atoms in total. The molecule has 1 atom stereocenters. The van der Waals surface area contributed by atoms with Crippen LogP contribution in [0.3, 0.4) is 0 Å². The Kier molecular flexibility index (Phi) is 8.20. The number of carbonyl (C=O) groups excluding carboxylic acids is 1. The number of ether oxygens (including phenoxy) is 2. The molecule has 0 fully saturated rings. The van der Waals surface area contributed by atoms with Crippen LogP contribution in [0.4, 0.5) is 17.6 Å². The van der Waals surface area contributed by atoms with Gasteiger partial charge in [0.05, 0.1) is 24.3 Å². The van der Waals surface area contributed by atoms with Gasteiger partial charge in [0, 0.05) is 18.5 Å². The quantitative estimate of drug-likeness (QED) is 0.552. The lowest BCUT2D eigenvalue weighted by molar-refractivity contribution is -0.153. The summed E-state index contributed by atoms with van der Waals surface area (Å²) >= 11 is 0. The normalized spacial score (nSPS) is 12.5. The summed E-state index contributed by atoms with van der Waals surface area (Å²) in [4.78, 5) is 23.7. The first-order valence-corrected chi connectivity index (χ1v) is 9.61. The minimum absolute atomic E-state index is 0.0615. The number of amides is 1. The van der Waals surface area contributed by atoms with Crippen LogP contribution in [0.2, 0.25) is 0 Å². The van der Waals surface area contributed by atoms with Gasteiger partial charge in [-0.05, 0) is 43.7 Å². The summed E-state index contributed by atoms with van der Waals surface area (Å²) in [5, 5.41) is 11.8. The van der Waals surface area contributed by atoms with E-state index in [9.17, 15) is 32.3 Å². The van der Waals surface area contributed by atoms with Gasteiger partial charge in [0.1, 0.15) is 11.6 Å². The molecule has 0 aliphatic heterocycles. The van der Waals surface area contributed by atoms with E-state index in [0.29, 0.717) is 22.9 Å². The lowest BCUT2D eigenvalue weighted by atomic mass is 10.0. The number of benzene rings is 2. The zero-order valence-corrected chi connectivity index (χ0v) is 17.6. The van der Waals surface area contributed by atoms with E-state index in [1.54, 1.807) is 32.0 Å². The van der Waals surface area contributed by atoms with Gasteiger partial charge < -0.3 is 19.9 Å². The van der Waals surface area contributed by atoms with Crippen LogP contribution in [-0.4, -0.2) is 36.3 Å². The van der Waals surface area contributed by atoms with Crippen molar-refractivity contribution in [2.45, 2.75) is 45.2 Å². The van der Waals surface area contributed by atoms with Crippen LogP contribution in [0.25, 0.3) is 0 Å². The van der Waals surface area contributed by atoms with Gasteiger partial charge in [-0.25, -0.2) is 9.18 Å². The fourth-order valence-electron chi connectivity index (χ4n) is 2.98. The fourth-order valence-corrected chi connectivity index (χ4v) is 2.98. The number of carbonyl (C=O) groups is 2. The Bertz CT molecular complexity index is 975. The standard InChI is InChI=1S/C22H23F4NO5/c1-12(2)32-19(21(29)30)9-13-4-7-18(31-3)14(8-13)11-27-20(28)16-6-5-15(10-17(16)23)22(24,25)26/h4-8,10,12,19H,9,11H2,1-3H3,(H,27,28)(H,29,30). The molecule has 0 saturated heterocycles. The predicted octanol–water partition coefficient (Wildman–Crippen LogP) is 4.20. The van der Waals surface area contributed by atoms with E-state index in [2.05, 4.69) is 5.32 Å². The van der Waals surface area contributed by atoms with Gasteiger partial charge in [0.25, 0.3) is 5.91 Å². The molecule has 0 aliphatic rings. The molecule has 0 spiro atoms. The number of nitrogens with one attached hydrogen (secondary N) is 1. The summed E-state index contributed by atoms with van der Waals surface area (Å²) in [5.74, 6) is -2.94. The van der Waals surface area contributed by atoms with Gasteiger partial charge >= 0.3 is 12.1 Å². The zero-order valence-electron chi connectivity index (χ0n) is 17.6. The van der Waals surface area contributed by atoms with Gasteiger partial charge in [-0.2, -0.15) is 13.2 Å². The van der Waals surface area contributed by atoms with Gasteiger partial charge in [-0.15, -0.1) is 0 Å². The van der Waals surface area contributed by atoms with Crippen molar-refractivity contribution in [3.8, 4) is 5.75 Å². The number of aliphatic carboxylic acids is 1. The van der Waals surface area contributed by atoms with Crippen LogP contribution in [0.5, 0.6) is 5.75 Å². The lowest BCUT2D eigenvalue weighted by Gasteiger charge is -2.18. The Labute approximate surface area is 182 Å². The number of halogens is 4. The van der Waals surface area contributed by atoms with E-state index in [4.69, 9.17) is 9.47 Å². The second-order valence-corrected chi connectivity index (χ2v) is 7.24.